The van der Waals surface area contributed by atoms with E-state index in [1.165, 1.54) is 5.56 Å². The van der Waals surface area contributed by atoms with Gasteiger partial charge in [-0.2, -0.15) is 0 Å². The normalized spacial score (nSPS) is 10.0. The summed E-state index contributed by atoms with van der Waals surface area (Å²) in [6.07, 6.45) is 0. The molecule has 0 unspecified atom stereocenters. The number of nitrogens with one attached hydrogen (secondary N) is 1. The Kier molecular flexibility index (Phi) is 4.19. The molecular weight excluding hydrogens is 312 g/mol. The van der Waals surface area contributed by atoms with Gasteiger partial charge < -0.3 is 5.32 Å². The lowest BCUT2D eigenvalue weighted by Gasteiger charge is -2.10. The van der Waals surface area contributed by atoms with Gasteiger partial charge in [-0.3, -0.25) is 4.79 Å². The summed E-state index contributed by atoms with van der Waals surface area (Å²) in [5.74, 6) is -0.180. The first-order valence-electron chi connectivity index (χ1n) is 4.17. The Hall–Kier alpha value is -0.290. The van der Waals surface area contributed by atoms with Gasteiger partial charge in [-0.05, 0) is 53.6 Å². The predicted molar refractivity (Wildman–Crippen MR) is 68.0 cm³/mol. The fourth-order valence-electron chi connectivity index (χ4n) is 1.25. The number of hydrogen-bond donors (Lipinski definition) is 1. The second-order valence-electron chi connectivity index (χ2n) is 3.12. The highest BCUT2D eigenvalue weighted by Gasteiger charge is 2.07. The molecule has 0 spiro atoms. The van der Waals surface area contributed by atoms with Crippen LogP contribution in [-0.2, 0) is 4.79 Å². The summed E-state index contributed by atoms with van der Waals surface area (Å²) >= 11 is 7.63. The minimum atomic E-state index is -0.170. The monoisotopic (exact) mass is 323 g/mol. The third-order valence-corrected chi connectivity index (χ3v) is 2.91. The third kappa shape index (κ3) is 2.85. The second kappa shape index (κ2) is 4.98. The average molecular weight is 324 g/mol. The van der Waals surface area contributed by atoms with Crippen molar-refractivity contribution in [2.24, 2.45) is 0 Å². The zero-order valence-electron chi connectivity index (χ0n) is 8.03. The zero-order valence-corrected chi connectivity index (χ0v) is 10.9. The van der Waals surface area contributed by atoms with E-state index < -0.39 is 0 Å². The van der Waals surface area contributed by atoms with Crippen LogP contribution in [0.5, 0.6) is 0 Å². The van der Waals surface area contributed by atoms with E-state index in [1.54, 1.807) is 0 Å². The molecule has 1 amide bonds. The van der Waals surface area contributed by atoms with Crippen molar-refractivity contribution >= 4 is 45.8 Å². The Morgan fingerprint density at radius 2 is 2.14 bits per heavy atom. The lowest BCUT2D eigenvalue weighted by atomic mass is 10.1. The number of benzene rings is 1. The molecule has 1 aromatic carbocycles. The van der Waals surface area contributed by atoms with Crippen LogP contribution < -0.4 is 5.32 Å². The van der Waals surface area contributed by atoms with E-state index in [0.717, 1.165) is 14.8 Å². The number of anilines is 1. The SMILES string of the molecule is Cc1cc(C)c(NC(=O)CCl)c(I)c1. The predicted octanol–water partition coefficient (Wildman–Crippen LogP) is 3.09. The van der Waals surface area contributed by atoms with Crippen molar-refractivity contribution in [3.63, 3.8) is 0 Å². The van der Waals surface area contributed by atoms with E-state index in [0.29, 0.717) is 0 Å². The van der Waals surface area contributed by atoms with Crippen LogP contribution in [-0.4, -0.2) is 11.8 Å². The second-order valence-corrected chi connectivity index (χ2v) is 4.55. The van der Waals surface area contributed by atoms with Gasteiger partial charge in [-0.25, -0.2) is 0 Å². The molecule has 0 atom stereocenters. The summed E-state index contributed by atoms with van der Waals surface area (Å²) in [6, 6.07) is 4.06. The third-order valence-electron chi connectivity index (χ3n) is 1.82. The van der Waals surface area contributed by atoms with E-state index in [9.17, 15) is 4.79 Å². The summed E-state index contributed by atoms with van der Waals surface area (Å²) < 4.78 is 1.04. The van der Waals surface area contributed by atoms with Crippen LogP contribution in [0, 0.1) is 17.4 Å². The van der Waals surface area contributed by atoms with Gasteiger partial charge in [0.2, 0.25) is 5.91 Å². The van der Waals surface area contributed by atoms with Gasteiger partial charge in [0.15, 0.2) is 0 Å². The molecule has 0 aromatic heterocycles. The van der Waals surface area contributed by atoms with Gasteiger partial charge in [-0.1, -0.05) is 6.07 Å². The molecule has 0 radical (unpaired) electrons. The molecule has 0 fully saturated rings. The van der Waals surface area contributed by atoms with Crippen LogP contribution in [0.25, 0.3) is 0 Å². The maximum Gasteiger partial charge on any atom is 0.239 e. The van der Waals surface area contributed by atoms with Gasteiger partial charge >= 0.3 is 0 Å². The molecule has 76 valence electrons. The molecule has 0 heterocycles. The Morgan fingerprint density at radius 3 is 2.64 bits per heavy atom. The first-order valence-corrected chi connectivity index (χ1v) is 5.78. The molecule has 14 heavy (non-hydrogen) atoms. The van der Waals surface area contributed by atoms with Crippen LogP contribution in [0.1, 0.15) is 11.1 Å². The molecule has 2 nitrogen and oxygen atoms in total. The first-order chi connectivity index (χ1) is 6.54. The van der Waals surface area contributed by atoms with E-state index in [1.807, 2.05) is 26.0 Å². The lowest BCUT2D eigenvalue weighted by molar-refractivity contribution is -0.113. The minimum Gasteiger partial charge on any atom is -0.324 e. The maximum absolute atomic E-state index is 11.1. The van der Waals surface area contributed by atoms with E-state index >= 15 is 0 Å². The average Bonchev–Trinajstić information content (AvgIpc) is 2.10. The van der Waals surface area contributed by atoms with Crippen molar-refractivity contribution in [3.05, 3.63) is 26.8 Å². The summed E-state index contributed by atoms with van der Waals surface area (Å²) in [6.45, 7) is 4.00. The van der Waals surface area contributed by atoms with E-state index in [-0.39, 0.29) is 11.8 Å². The van der Waals surface area contributed by atoms with Crippen molar-refractivity contribution in [1.82, 2.24) is 0 Å². The number of alkyl halides is 1. The van der Waals surface area contributed by atoms with Crippen molar-refractivity contribution in [2.45, 2.75) is 13.8 Å². The first kappa shape index (κ1) is 11.8. The topological polar surface area (TPSA) is 29.1 Å². The lowest BCUT2D eigenvalue weighted by Crippen LogP contribution is -2.14. The molecule has 0 bridgehead atoms. The fraction of sp³-hybridized carbons (Fsp3) is 0.300. The van der Waals surface area contributed by atoms with Crippen LogP contribution in [0.4, 0.5) is 5.69 Å². The number of aryl methyl sites for hydroxylation is 2. The number of halogens is 2. The van der Waals surface area contributed by atoms with Gasteiger partial charge in [0.05, 0.1) is 5.69 Å². The standard InChI is InChI=1S/C10H11ClINO/c1-6-3-7(2)10(8(12)4-6)13-9(14)5-11/h3-4H,5H2,1-2H3,(H,13,14). The largest absolute Gasteiger partial charge is 0.324 e. The summed E-state index contributed by atoms with van der Waals surface area (Å²) in [4.78, 5) is 11.1. The van der Waals surface area contributed by atoms with Crippen LogP contribution >= 0.6 is 34.2 Å². The molecule has 0 aliphatic carbocycles. The zero-order chi connectivity index (χ0) is 10.7. The summed E-state index contributed by atoms with van der Waals surface area (Å²) in [7, 11) is 0. The quantitative estimate of drug-likeness (QED) is 0.658. The van der Waals surface area contributed by atoms with Crippen molar-refractivity contribution in [3.8, 4) is 0 Å². The van der Waals surface area contributed by atoms with Crippen LogP contribution in [0.3, 0.4) is 0 Å². The van der Waals surface area contributed by atoms with Gasteiger partial charge in [0.1, 0.15) is 5.88 Å². The highest BCUT2D eigenvalue weighted by atomic mass is 127. The Balaban J connectivity index is 3.02. The van der Waals surface area contributed by atoms with Gasteiger partial charge in [0.25, 0.3) is 0 Å². The number of amides is 1. The Morgan fingerprint density at radius 1 is 1.50 bits per heavy atom. The molecule has 1 N–H and O–H groups in total. The number of carbonyl (C=O) groups is 1. The van der Waals surface area contributed by atoms with E-state index in [2.05, 4.69) is 27.9 Å². The number of rotatable bonds is 2. The molecule has 1 rings (SSSR count). The van der Waals surface area contributed by atoms with Crippen molar-refractivity contribution < 1.29 is 4.79 Å². The van der Waals surface area contributed by atoms with E-state index in [4.69, 9.17) is 11.6 Å². The number of hydrogen-bond acceptors (Lipinski definition) is 1. The molecule has 0 aliphatic rings. The highest BCUT2D eigenvalue weighted by Crippen LogP contribution is 2.24. The number of carbonyl (C=O) groups excluding carboxylic acids is 1. The molecular formula is C10H11ClINO. The van der Waals surface area contributed by atoms with Gasteiger partial charge in [-0.15, -0.1) is 11.6 Å². The molecule has 0 saturated carbocycles. The molecule has 0 aliphatic heterocycles. The Bertz CT molecular complexity index is 342. The van der Waals surface area contributed by atoms with Gasteiger partial charge in [0, 0.05) is 3.57 Å². The van der Waals surface area contributed by atoms with Crippen molar-refractivity contribution in [2.75, 3.05) is 11.2 Å². The van der Waals surface area contributed by atoms with Crippen molar-refractivity contribution in [1.29, 1.82) is 0 Å². The Labute approximate surface area is 102 Å². The molecule has 4 heteroatoms. The highest BCUT2D eigenvalue weighted by molar-refractivity contribution is 14.1. The van der Waals surface area contributed by atoms with Crippen LogP contribution in [0.15, 0.2) is 12.1 Å². The molecule has 1 aromatic rings. The van der Waals surface area contributed by atoms with Crippen LogP contribution in [0.2, 0.25) is 0 Å². The summed E-state index contributed by atoms with van der Waals surface area (Å²) in [5.41, 5.74) is 3.12. The fourth-order valence-corrected chi connectivity index (χ4v) is 2.37. The maximum atomic E-state index is 11.1. The molecule has 0 saturated heterocycles. The smallest absolute Gasteiger partial charge is 0.239 e. The minimum absolute atomic E-state index is 0.0105. The summed E-state index contributed by atoms with van der Waals surface area (Å²) in [5, 5.41) is 2.78.